The number of aliphatic hydroxyl groups is 2. The van der Waals surface area contributed by atoms with Crippen molar-refractivity contribution in [2.75, 3.05) is 19.7 Å². The van der Waals surface area contributed by atoms with Crippen LogP contribution in [0.15, 0.2) is 36.7 Å². The smallest absolute Gasteiger partial charge is 0.122 e. The summed E-state index contributed by atoms with van der Waals surface area (Å²) in [4.78, 5) is 6.73. The number of fused-ring (bicyclic) bond motifs is 1. The third-order valence-corrected chi connectivity index (χ3v) is 5.27. The van der Waals surface area contributed by atoms with Crippen LogP contribution in [-0.4, -0.2) is 56.6 Å². The molecule has 2 atom stereocenters. The molecule has 0 aliphatic carbocycles. The minimum atomic E-state index is -0.893. The molecule has 3 rings (SSSR count). The topological polar surface area (TPSA) is 70.8 Å². The molecule has 0 saturated carbocycles. The molecule has 6 nitrogen and oxygen atoms in total. The molecule has 0 fully saturated rings. The molecule has 0 unspecified atom stereocenters. The van der Waals surface area contributed by atoms with Crippen LogP contribution >= 0.6 is 0 Å². The Kier molecular flexibility index (Phi) is 7.26. The van der Waals surface area contributed by atoms with Crippen LogP contribution in [0, 0.1) is 0 Å². The molecule has 6 heteroatoms. The van der Waals surface area contributed by atoms with Gasteiger partial charge in [-0.05, 0) is 43.9 Å². The highest BCUT2D eigenvalue weighted by Gasteiger charge is 2.20. The van der Waals surface area contributed by atoms with Crippen molar-refractivity contribution in [3.63, 3.8) is 0 Å². The number of rotatable bonds is 2. The van der Waals surface area contributed by atoms with Crippen LogP contribution in [0.2, 0.25) is 0 Å². The number of nitrogens with zero attached hydrogens (tertiary/aromatic N) is 3. The van der Waals surface area contributed by atoms with Gasteiger partial charge in [0.15, 0.2) is 0 Å². The monoisotopic (exact) mass is 373 g/mol. The molecule has 1 aromatic carbocycles. The van der Waals surface area contributed by atoms with Gasteiger partial charge in [0.1, 0.15) is 24.3 Å². The van der Waals surface area contributed by atoms with Gasteiger partial charge in [0.25, 0.3) is 0 Å². The van der Waals surface area contributed by atoms with Crippen molar-refractivity contribution in [2.45, 2.75) is 50.9 Å². The number of aromatic nitrogens is 2. The van der Waals surface area contributed by atoms with Crippen molar-refractivity contribution in [1.29, 1.82) is 0 Å². The highest BCUT2D eigenvalue weighted by molar-refractivity contribution is 5.33. The minimum Gasteiger partial charge on any atom is -0.491 e. The molecule has 1 aromatic heterocycles. The molecular weight excluding hydrogens is 342 g/mol. The third-order valence-electron chi connectivity index (χ3n) is 5.27. The van der Waals surface area contributed by atoms with Gasteiger partial charge in [-0.3, -0.25) is 4.90 Å². The van der Waals surface area contributed by atoms with E-state index < -0.39 is 12.2 Å². The first-order chi connectivity index (χ1) is 13.1. The summed E-state index contributed by atoms with van der Waals surface area (Å²) in [5.74, 6) is 1.83. The van der Waals surface area contributed by atoms with Crippen molar-refractivity contribution in [1.82, 2.24) is 14.5 Å². The summed E-state index contributed by atoms with van der Waals surface area (Å²) >= 11 is 0. The Hall–Kier alpha value is -1.89. The second-order valence-corrected chi connectivity index (χ2v) is 7.38. The minimum absolute atomic E-state index is 0.109. The molecule has 27 heavy (non-hydrogen) atoms. The Balaban J connectivity index is 1.65. The fraction of sp³-hybridized carbons (Fsp3) is 0.571. The molecule has 1 aliphatic rings. The van der Waals surface area contributed by atoms with Gasteiger partial charge in [-0.2, -0.15) is 0 Å². The van der Waals surface area contributed by atoms with E-state index in [1.54, 1.807) is 0 Å². The predicted octanol–water partition coefficient (Wildman–Crippen LogP) is 2.14. The standard InChI is InChI=1S/C21H31N3O3/c1-23-14-11-22-21(23)15-24-12-6-2-3-7-17-8-4-5-9-20(17)27-16-19(26)18(25)10-13-24/h4-5,8-9,11,14,18-19,25-26H,2-3,6-7,10,12-13,15-16H2,1H3/t18-,19+/m0/s1. The van der Waals surface area contributed by atoms with Crippen molar-refractivity contribution in [2.24, 2.45) is 7.05 Å². The van der Waals surface area contributed by atoms with Crippen LogP contribution in [0.5, 0.6) is 5.75 Å². The van der Waals surface area contributed by atoms with Crippen molar-refractivity contribution >= 4 is 0 Å². The largest absolute Gasteiger partial charge is 0.491 e. The van der Waals surface area contributed by atoms with E-state index in [9.17, 15) is 10.2 Å². The second kappa shape index (κ2) is 9.88. The van der Waals surface area contributed by atoms with Crippen molar-refractivity contribution in [3.05, 3.63) is 48.0 Å². The van der Waals surface area contributed by atoms with Crippen molar-refractivity contribution < 1.29 is 14.9 Å². The van der Waals surface area contributed by atoms with Gasteiger partial charge < -0.3 is 19.5 Å². The lowest BCUT2D eigenvalue weighted by Crippen LogP contribution is -2.36. The van der Waals surface area contributed by atoms with Gasteiger partial charge in [-0.1, -0.05) is 24.6 Å². The van der Waals surface area contributed by atoms with Crippen molar-refractivity contribution in [3.8, 4) is 5.75 Å². The quantitative estimate of drug-likeness (QED) is 0.844. The summed E-state index contributed by atoms with van der Waals surface area (Å²) in [7, 11) is 2.00. The van der Waals surface area contributed by atoms with Crippen LogP contribution in [0.1, 0.15) is 37.1 Å². The van der Waals surface area contributed by atoms with Crippen LogP contribution in [0.4, 0.5) is 0 Å². The SMILES string of the molecule is Cn1ccnc1CN1CCCCCc2ccccc2OC[C@@H](O)[C@@H](O)CC1. The molecular formula is C21H31N3O3. The Morgan fingerprint density at radius 1 is 1.11 bits per heavy atom. The van der Waals surface area contributed by atoms with Gasteiger partial charge in [0, 0.05) is 26.0 Å². The third kappa shape index (κ3) is 5.79. The average molecular weight is 373 g/mol. The van der Waals surface area contributed by atoms with E-state index in [-0.39, 0.29) is 6.61 Å². The van der Waals surface area contributed by atoms with Crippen LogP contribution in [0.25, 0.3) is 0 Å². The van der Waals surface area contributed by atoms with Crippen LogP contribution in [-0.2, 0) is 20.0 Å². The predicted molar refractivity (Wildman–Crippen MR) is 105 cm³/mol. The number of benzene rings is 1. The molecule has 0 spiro atoms. The van der Waals surface area contributed by atoms with Gasteiger partial charge in [0.05, 0.1) is 12.6 Å². The van der Waals surface area contributed by atoms with Gasteiger partial charge in [0.2, 0.25) is 0 Å². The first-order valence-corrected chi connectivity index (χ1v) is 9.89. The maximum absolute atomic E-state index is 10.4. The summed E-state index contributed by atoms with van der Waals surface area (Å²) in [6.07, 6.45) is 6.91. The molecule has 0 amide bonds. The Morgan fingerprint density at radius 2 is 1.96 bits per heavy atom. The average Bonchev–Trinajstić information content (AvgIpc) is 3.08. The summed E-state index contributed by atoms with van der Waals surface area (Å²) in [5.41, 5.74) is 1.17. The molecule has 148 valence electrons. The van der Waals surface area contributed by atoms with E-state index in [1.807, 2.05) is 42.2 Å². The van der Waals surface area contributed by atoms with Crippen LogP contribution in [0.3, 0.4) is 0 Å². The maximum atomic E-state index is 10.4. The van der Waals surface area contributed by atoms with E-state index in [4.69, 9.17) is 4.74 Å². The van der Waals surface area contributed by atoms with Gasteiger partial charge >= 0.3 is 0 Å². The highest BCUT2D eigenvalue weighted by Crippen LogP contribution is 2.21. The molecule has 2 aromatic rings. The first-order valence-electron chi connectivity index (χ1n) is 9.89. The molecule has 0 radical (unpaired) electrons. The van der Waals surface area contributed by atoms with Gasteiger partial charge in [-0.25, -0.2) is 4.98 Å². The van der Waals surface area contributed by atoms with E-state index in [2.05, 4.69) is 16.0 Å². The fourth-order valence-corrected chi connectivity index (χ4v) is 3.49. The summed E-state index contributed by atoms with van der Waals surface area (Å²) < 4.78 is 7.84. The molecule has 2 N–H and O–H groups in total. The highest BCUT2D eigenvalue weighted by atomic mass is 16.5. The number of aryl methyl sites for hydroxylation is 2. The second-order valence-electron chi connectivity index (χ2n) is 7.38. The number of ether oxygens (including phenoxy) is 1. The molecule has 0 saturated heterocycles. The van der Waals surface area contributed by atoms with Crippen LogP contribution < -0.4 is 4.74 Å². The molecule has 1 aliphatic heterocycles. The number of aliphatic hydroxyl groups excluding tert-OH is 2. The summed E-state index contributed by atoms with van der Waals surface area (Å²) in [6, 6.07) is 7.98. The Morgan fingerprint density at radius 3 is 2.78 bits per heavy atom. The number of hydrogen-bond acceptors (Lipinski definition) is 5. The summed E-state index contributed by atoms with van der Waals surface area (Å²) in [5, 5.41) is 20.6. The number of hydrogen-bond donors (Lipinski definition) is 2. The zero-order valence-electron chi connectivity index (χ0n) is 16.1. The number of imidazole rings is 1. The zero-order valence-corrected chi connectivity index (χ0v) is 16.1. The van der Waals surface area contributed by atoms with Gasteiger partial charge in [-0.15, -0.1) is 0 Å². The lowest BCUT2D eigenvalue weighted by Gasteiger charge is -2.26. The van der Waals surface area contributed by atoms with E-state index in [0.29, 0.717) is 6.42 Å². The molecule has 2 heterocycles. The van der Waals surface area contributed by atoms with E-state index in [1.165, 1.54) is 5.56 Å². The lowest BCUT2D eigenvalue weighted by molar-refractivity contribution is -0.0164. The number of para-hydroxylation sites is 1. The zero-order chi connectivity index (χ0) is 19.1. The summed E-state index contributed by atoms with van der Waals surface area (Å²) in [6.45, 7) is 2.55. The maximum Gasteiger partial charge on any atom is 0.122 e. The molecule has 0 bridgehead atoms. The Labute approximate surface area is 161 Å². The fourth-order valence-electron chi connectivity index (χ4n) is 3.49. The normalized spacial score (nSPS) is 23.2. The van der Waals surface area contributed by atoms with E-state index in [0.717, 1.165) is 56.9 Å². The lowest BCUT2D eigenvalue weighted by atomic mass is 10.1. The Bertz CT molecular complexity index is 703. The first kappa shape index (κ1) is 19.9. The van der Waals surface area contributed by atoms with E-state index >= 15 is 0 Å².